The van der Waals surface area contributed by atoms with Gasteiger partial charge in [0.2, 0.25) is 0 Å². The molecule has 0 bridgehead atoms. The summed E-state index contributed by atoms with van der Waals surface area (Å²) in [6, 6.07) is 8.37. The number of aromatic nitrogens is 3. The van der Waals surface area contributed by atoms with Crippen molar-refractivity contribution >= 4 is 32.6 Å². The molecule has 0 amide bonds. The van der Waals surface area contributed by atoms with Gasteiger partial charge in [0.15, 0.2) is 21.3 Å². The molecule has 1 saturated carbocycles. The van der Waals surface area contributed by atoms with Crippen LogP contribution < -0.4 is 10.5 Å². The highest BCUT2D eigenvalue weighted by atomic mass is 32.1. The Hall–Kier alpha value is -2.54. The highest BCUT2D eigenvalue weighted by Gasteiger charge is 2.33. The van der Waals surface area contributed by atoms with Gasteiger partial charge in [0.25, 0.3) is 5.56 Å². The van der Waals surface area contributed by atoms with E-state index in [1.165, 1.54) is 22.5 Å². The van der Waals surface area contributed by atoms with Crippen molar-refractivity contribution in [2.24, 2.45) is 0 Å². The van der Waals surface area contributed by atoms with Gasteiger partial charge in [-0.1, -0.05) is 35.6 Å². The van der Waals surface area contributed by atoms with Crippen molar-refractivity contribution in [3.05, 3.63) is 51.6 Å². The molecule has 1 atom stereocenters. The van der Waals surface area contributed by atoms with Gasteiger partial charge in [0, 0.05) is 19.0 Å². The van der Waals surface area contributed by atoms with Crippen LogP contribution >= 0.6 is 11.3 Å². The third kappa shape index (κ3) is 3.45. The quantitative estimate of drug-likeness (QED) is 0.601. The average molecular weight is 423 g/mol. The highest BCUT2D eigenvalue weighted by molar-refractivity contribution is 7.21. The molecular weight excluding hydrogens is 396 g/mol. The second-order valence-corrected chi connectivity index (χ2v) is 9.42. The van der Waals surface area contributed by atoms with Crippen molar-refractivity contribution in [2.45, 2.75) is 64.5 Å². The first-order valence-electron chi connectivity index (χ1n) is 10.8. The van der Waals surface area contributed by atoms with Crippen molar-refractivity contribution in [1.82, 2.24) is 14.5 Å². The van der Waals surface area contributed by atoms with E-state index in [1.54, 1.807) is 4.57 Å². The number of thiazole rings is 1. The number of anilines is 1. The molecule has 0 N–H and O–H groups in total. The summed E-state index contributed by atoms with van der Waals surface area (Å²) >= 11 is 1.44. The zero-order valence-electron chi connectivity index (χ0n) is 17.4. The molecule has 1 saturated heterocycles. The van der Waals surface area contributed by atoms with Crippen LogP contribution in [0, 0.1) is 13.8 Å². The van der Waals surface area contributed by atoms with Crippen LogP contribution in [0.5, 0.6) is 0 Å². The summed E-state index contributed by atoms with van der Waals surface area (Å²) in [5.74, 6) is 1.02. The molecule has 2 aliphatic rings. The van der Waals surface area contributed by atoms with Crippen LogP contribution in [-0.2, 0) is 11.2 Å². The van der Waals surface area contributed by atoms with Crippen LogP contribution in [0.1, 0.15) is 55.1 Å². The first-order valence-corrected chi connectivity index (χ1v) is 11.6. The lowest BCUT2D eigenvalue weighted by atomic mass is 9.99. The van der Waals surface area contributed by atoms with E-state index < -0.39 is 0 Å². The monoisotopic (exact) mass is 422 g/mol. The molecule has 5 rings (SSSR count). The van der Waals surface area contributed by atoms with E-state index in [9.17, 15) is 9.59 Å². The predicted molar refractivity (Wildman–Crippen MR) is 120 cm³/mol. The lowest BCUT2D eigenvalue weighted by molar-refractivity contribution is -0.120. The minimum Gasteiger partial charge on any atom is -0.338 e. The van der Waals surface area contributed by atoms with Crippen molar-refractivity contribution in [2.75, 3.05) is 11.4 Å². The summed E-state index contributed by atoms with van der Waals surface area (Å²) < 4.78 is 1.79. The molecular formula is C23H26N4O2S. The maximum atomic E-state index is 13.1. The number of Topliss-reactive ketones (excluding diaryl/α,β-unsaturated/α-hetero) is 1. The Morgan fingerprint density at radius 3 is 2.73 bits per heavy atom. The fourth-order valence-corrected chi connectivity index (χ4v) is 5.56. The number of ketones is 1. The minimum atomic E-state index is -0.152. The fraction of sp³-hybridized carbons (Fsp3) is 0.478. The molecule has 1 aromatic carbocycles. The maximum absolute atomic E-state index is 13.1. The summed E-state index contributed by atoms with van der Waals surface area (Å²) in [5, 5.41) is 0.759. The number of carbonyl (C=O) groups excluding carboxylic acids is 1. The minimum absolute atomic E-state index is 0.0378. The third-order valence-electron chi connectivity index (χ3n) is 6.32. The van der Waals surface area contributed by atoms with Crippen molar-refractivity contribution < 1.29 is 4.79 Å². The van der Waals surface area contributed by atoms with Gasteiger partial charge in [-0.25, -0.2) is 9.97 Å². The largest absolute Gasteiger partial charge is 0.338 e. The summed E-state index contributed by atoms with van der Waals surface area (Å²) in [5.41, 5.74) is 2.87. The van der Waals surface area contributed by atoms with Crippen LogP contribution in [0.3, 0.4) is 0 Å². The van der Waals surface area contributed by atoms with Crippen LogP contribution in [0.2, 0.25) is 0 Å². The smallest absolute Gasteiger partial charge is 0.281 e. The number of fused-ring (bicyclic) bond motifs is 1. The SMILES string of the molecule is Cc1ccccc1CCC(=O)[C@H]1CCCN1c1nc2c(=O)n(C3CC3)c(C)nc2s1. The molecule has 1 aliphatic heterocycles. The first kappa shape index (κ1) is 19.4. The van der Waals surface area contributed by atoms with Crippen molar-refractivity contribution in [1.29, 1.82) is 0 Å². The second-order valence-electron chi connectivity index (χ2n) is 8.46. The molecule has 2 aromatic heterocycles. The van der Waals surface area contributed by atoms with Crippen LogP contribution in [0.15, 0.2) is 29.1 Å². The van der Waals surface area contributed by atoms with Crippen molar-refractivity contribution in [3.8, 4) is 0 Å². The van der Waals surface area contributed by atoms with Gasteiger partial charge in [0.05, 0.1) is 6.04 Å². The Balaban J connectivity index is 1.38. The zero-order chi connectivity index (χ0) is 20.8. The highest BCUT2D eigenvalue weighted by Crippen LogP contribution is 2.36. The predicted octanol–water partition coefficient (Wildman–Crippen LogP) is 3.98. The Morgan fingerprint density at radius 1 is 1.17 bits per heavy atom. The van der Waals surface area contributed by atoms with Gasteiger partial charge in [0.1, 0.15) is 5.82 Å². The summed E-state index contributed by atoms with van der Waals surface area (Å²) in [6.07, 6.45) is 5.19. The Labute approximate surface area is 179 Å². The fourth-order valence-electron chi connectivity index (χ4n) is 4.51. The maximum Gasteiger partial charge on any atom is 0.281 e. The number of hydrogen-bond donors (Lipinski definition) is 0. The lowest BCUT2D eigenvalue weighted by Crippen LogP contribution is -2.36. The number of benzene rings is 1. The van der Waals surface area contributed by atoms with E-state index in [4.69, 9.17) is 0 Å². The van der Waals surface area contributed by atoms with Crippen molar-refractivity contribution in [3.63, 3.8) is 0 Å². The normalized spacial score (nSPS) is 19.0. The Morgan fingerprint density at radius 2 is 1.97 bits per heavy atom. The molecule has 156 valence electrons. The topological polar surface area (TPSA) is 68.1 Å². The summed E-state index contributed by atoms with van der Waals surface area (Å²) in [4.78, 5) is 38.1. The Kier molecular flexibility index (Phi) is 4.93. The van der Waals surface area contributed by atoms with E-state index in [2.05, 4.69) is 33.9 Å². The molecule has 3 aromatic rings. The van der Waals surface area contributed by atoms with Gasteiger partial charge in [-0.05, 0) is 57.1 Å². The molecule has 1 aliphatic carbocycles. The molecule has 30 heavy (non-hydrogen) atoms. The number of hydrogen-bond acceptors (Lipinski definition) is 6. The molecule has 0 unspecified atom stereocenters. The number of carbonyl (C=O) groups is 1. The molecule has 7 heteroatoms. The number of rotatable bonds is 6. The Bertz CT molecular complexity index is 1180. The lowest BCUT2D eigenvalue weighted by Gasteiger charge is -2.22. The van der Waals surface area contributed by atoms with Gasteiger partial charge in [-0.2, -0.15) is 0 Å². The average Bonchev–Trinajstić information content (AvgIpc) is 3.26. The van der Waals surface area contributed by atoms with E-state index in [1.807, 2.05) is 19.1 Å². The van der Waals surface area contributed by atoms with E-state index >= 15 is 0 Å². The van der Waals surface area contributed by atoms with E-state index in [0.717, 1.165) is 49.6 Å². The van der Waals surface area contributed by atoms with Crippen LogP contribution in [0.4, 0.5) is 5.13 Å². The standard InChI is InChI=1S/C23H26N4O2S/c1-14-6-3-4-7-16(14)9-12-19(28)18-8-5-13-26(18)23-25-20-21(30-23)24-15(2)27(22(20)29)17-10-11-17/h3-4,6-7,17-18H,5,8-13H2,1-2H3/t18-/m1/s1. The number of nitrogens with zero attached hydrogens (tertiary/aromatic N) is 4. The summed E-state index contributed by atoms with van der Waals surface area (Å²) in [6.45, 7) is 4.79. The van der Waals surface area contributed by atoms with Crippen LogP contribution in [-0.4, -0.2) is 32.9 Å². The van der Waals surface area contributed by atoms with Crippen LogP contribution in [0.25, 0.3) is 10.3 Å². The zero-order valence-corrected chi connectivity index (χ0v) is 18.2. The molecule has 0 spiro atoms. The molecule has 6 nitrogen and oxygen atoms in total. The summed E-state index contributed by atoms with van der Waals surface area (Å²) in [7, 11) is 0. The van der Waals surface area contributed by atoms with E-state index in [0.29, 0.717) is 16.8 Å². The molecule has 0 radical (unpaired) electrons. The van der Waals surface area contributed by atoms with Gasteiger partial charge in [-0.15, -0.1) is 0 Å². The molecule has 2 fully saturated rings. The van der Waals surface area contributed by atoms with E-state index in [-0.39, 0.29) is 23.4 Å². The number of aryl methyl sites for hydroxylation is 3. The van der Waals surface area contributed by atoms with Gasteiger partial charge < -0.3 is 4.90 Å². The third-order valence-corrected chi connectivity index (χ3v) is 7.30. The first-order chi connectivity index (χ1) is 14.5. The van der Waals surface area contributed by atoms with Gasteiger partial charge in [-0.3, -0.25) is 14.2 Å². The molecule has 3 heterocycles. The van der Waals surface area contributed by atoms with Gasteiger partial charge >= 0.3 is 0 Å². The second kappa shape index (κ2) is 7.61.